The monoisotopic (exact) mass is 367 g/mol. The van der Waals surface area contributed by atoms with Crippen molar-refractivity contribution in [2.45, 2.75) is 70.3 Å². The Morgan fingerprint density at radius 2 is 1.76 bits per heavy atom. The summed E-state index contributed by atoms with van der Waals surface area (Å²) < 4.78 is 6.16. The Morgan fingerprint density at radius 1 is 1.12 bits per heavy atom. The first-order valence-corrected chi connectivity index (χ1v) is 12.3. The van der Waals surface area contributed by atoms with E-state index in [2.05, 4.69) is 39.2 Å². The Hall–Kier alpha value is -0.723. The van der Waals surface area contributed by atoms with E-state index >= 15 is 0 Å². The Bertz CT molecular complexity index is 474. The van der Waals surface area contributed by atoms with Crippen LogP contribution < -0.4 is 5.32 Å². The van der Waals surface area contributed by atoms with E-state index in [0.29, 0.717) is 6.54 Å². The topological polar surface area (TPSA) is 61.7 Å². The third-order valence-corrected chi connectivity index (χ3v) is 9.72. The van der Waals surface area contributed by atoms with Crippen LogP contribution in [0.1, 0.15) is 51.6 Å². The highest BCUT2D eigenvalue weighted by molar-refractivity contribution is 6.74. The van der Waals surface area contributed by atoms with Crippen molar-refractivity contribution in [2.24, 2.45) is 0 Å². The lowest BCUT2D eigenvalue weighted by Gasteiger charge is -2.36. The number of aliphatic hydroxyl groups is 2. The maximum absolute atomic E-state index is 10.2. The summed E-state index contributed by atoms with van der Waals surface area (Å²) in [6.07, 6.45) is 2.28. The first-order chi connectivity index (χ1) is 11.7. The summed E-state index contributed by atoms with van der Waals surface area (Å²) in [6, 6.07) is 9.71. The van der Waals surface area contributed by atoms with Crippen LogP contribution in [0.4, 0.5) is 0 Å². The molecular formula is C20H37NO3Si. The fourth-order valence-electron chi connectivity index (χ4n) is 2.38. The van der Waals surface area contributed by atoms with E-state index in [1.807, 2.05) is 30.3 Å². The highest BCUT2D eigenvalue weighted by Crippen LogP contribution is 2.36. The molecule has 1 aromatic rings. The molecule has 0 saturated heterocycles. The van der Waals surface area contributed by atoms with Crippen LogP contribution in [0.5, 0.6) is 0 Å². The zero-order valence-corrected chi connectivity index (χ0v) is 17.6. The minimum absolute atomic E-state index is 0.0249. The molecule has 1 rings (SSSR count). The van der Waals surface area contributed by atoms with Gasteiger partial charge in [-0.2, -0.15) is 0 Å². The van der Waals surface area contributed by atoms with Crippen LogP contribution in [0.3, 0.4) is 0 Å². The minimum atomic E-state index is -1.66. The molecule has 3 N–H and O–H groups in total. The summed E-state index contributed by atoms with van der Waals surface area (Å²) in [5, 5.41) is 23.2. The molecule has 0 fully saturated rings. The summed E-state index contributed by atoms with van der Waals surface area (Å²) in [4.78, 5) is 0. The summed E-state index contributed by atoms with van der Waals surface area (Å²) >= 11 is 0. The van der Waals surface area contributed by atoms with Gasteiger partial charge in [-0.1, -0.05) is 51.1 Å². The summed E-state index contributed by atoms with van der Waals surface area (Å²) in [5.41, 5.74) is 1.04. The van der Waals surface area contributed by atoms with Gasteiger partial charge in [0.05, 0.1) is 18.8 Å². The number of unbranched alkanes of at least 4 members (excludes halogenated alkanes) is 1. The second-order valence-corrected chi connectivity index (χ2v) is 13.1. The van der Waals surface area contributed by atoms with Crippen LogP contribution in [-0.2, 0) is 4.43 Å². The summed E-state index contributed by atoms with van der Waals surface area (Å²) in [5.74, 6) is 0. The van der Waals surface area contributed by atoms with Gasteiger partial charge < -0.3 is 20.0 Å². The molecule has 0 aliphatic rings. The second kappa shape index (κ2) is 10.4. The smallest absolute Gasteiger partial charge is 0.191 e. The first kappa shape index (κ1) is 22.3. The number of nitrogens with one attached hydrogen (secondary N) is 1. The van der Waals surface area contributed by atoms with Gasteiger partial charge in [-0.25, -0.2) is 0 Å². The van der Waals surface area contributed by atoms with Crippen LogP contribution in [0.15, 0.2) is 30.3 Å². The van der Waals surface area contributed by atoms with Gasteiger partial charge in [-0.3, -0.25) is 0 Å². The number of benzene rings is 1. The molecule has 25 heavy (non-hydrogen) atoms. The predicted octanol–water partition coefficient (Wildman–Crippen LogP) is 3.86. The largest absolute Gasteiger partial charge is 0.417 e. The molecule has 0 heterocycles. The molecule has 0 spiro atoms. The lowest BCUT2D eigenvalue weighted by molar-refractivity contribution is 0.143. The molecule has 0 unspecified atom stereocenters. The molecule has 144 valence electrons. The molecule has 5 heteroatoms. The quantitative estimate of drug-likeness (QED) is 0.410. The number of aliphatic hydroxyl groups excluding tert-OH is 2. The summed E-state index contributed by atoms with van der Waals surface area (Å²) in [6.45, 7) is 12.6. The van der Waals surface area contributed by atoms with Crippen LogP contribution >= 0.6 is 0 Å². The van der Waals surface area contributed by atoms with E-state index in [0.717, 1.165) is 31.4 Å². The lowest BCUT2D eigenvalue weighted by Crippen LogP contribution is -2.41. The van der Waals surface area contributed by atoms with Gasteiger partial charge in [-0.05, 0) is 43.0 Å². The van der Waals surface area contributed by atoms with Gasteiger partial charge in [0.25, 0.3) is 0 Å². The van der Waals surface area contributed by atoms with Crippen molar-refractivity contribution in [1.29, 1.82) is 0 Å². The van der Waals surface area contributed by atoms with Crippen LogP contribution in [0.2, 0.25) is 18.1 Å². The SMILES string of the molecule is CC(C)(C)[Si](C)(C)OCCCC[C@H](O)CN[C@@H](CO)c1ccccc1. The normalized spacial score (nSPS) is 15.2. The van der Waals surface area contributed by atoms with Crippen molar-refractivity contribution in [1.82, 2.24) is 5.32 Å². The minimum Gasteiger partial charge on any atom is -0.417 e. The average Bonchev–Trinajstić information content (AvgIpc) is 2.55. The Balaban J connectivity index is 2.22. The molecule has 0 radical (unpaired) electrons. The van der Waals surface area contributed by atoms with Gasteiger partial charge in [0, 0.05) is 13.2 Å². The van der Waals surface area contributed by atoms with Crippen molar-refractivity contribution in [3.05, 3.63) is 35.9 Å². The number of hydrogen-bond acceptors (Lipinski definition) is 4. The number of hydrogen-bond donors (Lipinski definition) is 3. The highest BCUT2D eigenvalue weighted by atomic mass is 28.4. The van der Waals surface area contributed by atoms with Crippen molar-refractivity contribution in [3.63, 3.8) is 0 Å². The molecule has 0 aromatic heterocycles. The van der Waals surface area contributed by atoms with Gasteiger partial charge in [0.1, 0.15) is 0 Å². The molecule has 0 bridgehead atoms. The average molecular weight is 368 g/mol. The standard InChI is InChI=1S/C20H37NO3Si/c1-20(2,3)25(4,5)24-14-10-9-13-18(23)15-21-19(16-22)17-11-7-6-8-12-17/h6-8,11-12,18-19,21-23H,9-10,13-16H2,1-5H3/t18-,19-/m0/s1. The summed E-state index contributed by atoms with van der Waals surface area (Å²) in [7, 11) is -1.66. The molecular weight excluding hydrogens is 330 g/mol. The zero-order chi connectivity index (χ0) is 18.9. The van der Waals surface area contributed by atoms with Gasteiger partial charge in [0.15, 0.2) is 8.32 Å². The van der Waals surface area contributed by atoms with E-state index in [9.17, 15) is 10.2 Å². The maximum atomic E-state index is 10.2. The third kappa shape index (κ3) is 8.01. The molecule has 0 amide bonds. The van der Waals surface area contributed by atoms with Crippen molar-refractivity contribution in [3.8, 4) is 0 Å². The van der Waals surface area contributed by atoms with Crippen LogP contribution in [0.25, 0.3) is 0 Å². The Morgan fingerprint density at radius 3 is 2.32 bits per heavy atom. The molecule has 4 nitrogen and oxygen atoms in total. The van der Waals surface area contributed by atoms with Crippen molar-refractivity contribution in [2.75, 3.05) is 19.8 Å². The third-order valence-electron chi connectivity index (χ3n) is 5.19. The Labute approximate surface area is 154 Å². The molecule has 0 aliphatic heterocycles. The Kier molecular flexibility index (Phi) is 9.31. The fraction of sp³-hybridized carbons (Fsp3) is 0.700. The van der Waals surface area contributed by atoms with E-state index in [-0.39, 0.29) is 17.7 Å². The van der Waals surface area contributed by atoms with Crippen molar-refractivity contribution < 1.29 is 14.6 Å². The zero-order valence-electron chi connectivity index (χ0n) is 16.6. The van der Waals surface area contributed by atoms with Gasteiger partial charge in [-0.15, -0.1) is 0 Å². The van der Waals surface area contributed by atoms with Gasteiger partial charge in [0.2, 0.25) is 0 Å². The maximum Gasteiger partial charge on any atom is 0.191 e. The van der Waals surface area contributed by atoms with E-state index < -0.39 is 14.4 Å². The highest BCUT2D eigenvalue weighted by Gasteiger charge is 2.36. The molecule has 0 aliphatic carbocycles. The van der Waals surface area contributed by atoms with E-state index in [1.54, 1.807) is 0 Å². The van der Waals surface area contributed by atoms with Gasteiger partial charge >= 0.3 is 0 Å². The number of rotatable bonds is 11. The first-order valence-electron chi connectivity index (χ1n) is 9.38. The molecule has 2 atom stereocenters. The van der Waals surface area contributed by atoms with Crippen LogP contribution in [0, 0.1) is 0 Å². The van der Waals surface area contributed by atoms with Crippen LogP contribution in [-0.4, -0.2) is 44.4 Å². The fourth-order valence-corrected chi connectivity index (χ4v) is 3.47. The predicted molar refractivity (Wildman–Crippen MR) is 107 cm³/mol. The molecule has 1 aromatic carbocycles. The van der Waals surface area contributed by atoms with E-state index in [1.165, 1.54) is 0 Å². The lowest BCUT2D eigenvalue weighted by atomic mass is 10.1. The molecule has 0 saturated carbocycles. The van der Waals surface area contributed by atoms with E-state index in [4.69, 9.17) is 4.43 Å². The second-order valence-electron chi connectivity index (χ2n) is 8.31. The van der Waals surface area contributed by atoms with Crippen molar-refractivity contribution >= 4 is 8.32 Å².